The number of carbonyl (C=O) groups excluding carboxylic acids is 2. The van der Waals surface area contributed by atoms with Crippen molar-refractivity contribution in [2.24, 2.45) is 7.05 Å². The average molecular weight is 531 g/mol. The summed E-state index contributed by atoms with van der Waals surface area (Å²) in [4.78, 5) is 26.7. The Morgan fingerprint density at radius 1 is 1.11 bits per heavy atom. The summed E-state index contributed by atoms with van der Waals surface area (Å²) in [6.45, 7) is 2.32. The summed E-state index contributed by atoms with van der Waals surface area (Å²) in [5.74, 6) is 1.65. The Labute approximate surface area is 218 Å². The fourth-order valence-corrected chi connectivity index (χ4v) is 5.98. The van der Waals surface area contributed by atoms with Crippen LogP contribution in [0, 0.1) is 0 Å². The van der Waals surface area contributed by atoms with E-state index in [4.69, 9.17) is 14.2 Å². The molecule has 1 N–H and O–H groups in total. The Bertz CT molecular complexity index is 1210. The van der Waals surface area contributed by atoms with E-state index in [2.05, 4.69) is 15.5 Å². The molecule has 0 aliphatic heterocycles. The summed E-state index contributed by atoms with van der Waals surface area (Å²) in [5.41, 5.74) is 1.56. The van der Waals surface area contributed by atoms with E-state index in [1.54, 1.807) is 18.6 Å². The fourth-order valence-electron chi connectivity index (χ4n) is 3.96. The number of aryl methyl sites for hydroxylation is 1. The van der Waals surface area contributed by atoms with E-state index < -0.39 is 0 Å². The predicted molar refractivity (Wildman–Crippen MR) is 139 cm³/mol. The van der Waals surface area contributed by atoms with Gasteiger partial charge in [0.1, 0.15) is 23.1 Å². The molecule has 0 fully saturated rings. The minimum absolute atomic E-state index is 0.135. The third kappa shape index (κ3) is 6.19. The highest BCUT2D eigenvalue weighted by Crippen LogP contribution is 2.38. The number of rotatable bonds is 10. The van der Waals surface area contributed by atoms with Crippen LogP contribution >= 0.6 is 23.1 Å². The number of ether oxygens (including phenoxy) is 3. The maximum atomic E-state index is 12.8. The number of hydrogen-bond acceptors (Lipinski definition) is 9. The number of benzene rings is 1. The summed E-state index contributed by atoms with van der Waals surface area (Å²) < 4.78 is 18.0. The van der Waals surface area contributed by atoms with E-state index in [1.165, 1.54) is 28.0 Å². The van der Waals surface area contributed by atoms with Gasteiger partial charge in [0.2, 0.25) is 5.91 Å². The number of nitrogens with one attached hydrogen (secondary N) is 1. The van der Waals surface area contributed by atoms with E-state index in [-0.39, 0.29) is 24.2 Å². The standard InChI is InChI=1S/C25H30N4O5S2/c1-4-33-24(31)22-18-8-6-5-7-9-19(18)36-23(22)26-21(30)15-35-25-28-27-20(29(25)2)14-34-17-12-10-16(32-3)11-13-17/h10-13H,4-9,14-15H2,1-3H3,(H,26,30). The van der Waals surface area contributed by atoms with Gasteiger partial charge in [-0.3, -0.25) is 4.79 Å². The van der Waals surface area contributed by atoms with Crippen molar-refractivity contribution in [1.82, 2.24) is 14.8 Å². The quantitative estimate of drug-likeness (QED) is 0.230. The number of methoxy groups -OCH3 is 1. The molecule has 0 unspecified atom stereocenters. The highest BCUT2D eigenvalue weighted by Gasteiger charge is 2.26. The van der Waals surface area contributed by atoms with Crippen molar-refractivity contribution in [1.29, 1.82) is 0 Å². The van der Waals surface area contributed by atoms with Crippen LogP contribution < -0.4 is 14.8 Å². The molecule has 11 heteroatoms. The molecule has 36 heavy (non-hydrogen) atoms. The van der Waals surface area contributed by atoms with Gasteiger partial charge in [0.15, 0.2) is 11.0 Å². The molecule has 9 nitrogen and oxygen atoms in total. The number of amides is 1. The zero-order chi connectivity index (χ0) is 25.5. The molecule has 0 spiro atoms. The number of hydrogen-bond donors (Lipinski definition) is 1. The van der Waals surface area contributed by atoms with Crippen LogP contribution in [0.1, 0.15) is 52.8 Å². The molecule has 3 aromatic rings. The van der Waals surface area contributed by atoms with Crippen LogP contribution in [-0.4, -0.2) is 46.1 Å². The van der Waals surface area contributed by atoms with Gasteiger partial charge in [0, 0.05) is 11.9 Å². The molecule has 0 bridgehead atoms. The predicted octanol–water partition coefficient (Wildman–Crippen LogP) is 4.64. The Hall–Kier alpha value is -3.05. The van der Waals surface area contributed by atoms with Crippen molar-refractivity contribution >= 4 is 40.0 Å². The minimum atomic E-state index is -0.366. The van der Waals surface area contributed by atoms with Gasteiger partial charge in [-0.05, 0) is 62.4 Å². The highest BCUT2D eigenvalue weighted by atomic mass is 32.2. The van der Waals surface area contributed by atoms with Crippen molar-refractivity contribution in [3.8, 4) is 11.5 Å². The SMILES string of the molecule is CCOC(=O)c1c(NC(=O)CSc2nnc(COc3ccc(OC)cc3)n2C)sc2c1CCCCC2. The first-order chi connectivity index (χ1) is 17.5. The molecule has 1 aliphatic carbocycles. The van der Waals surface area contributed by atoms with Gasteiger partial charge in [-0.15, -0.1) is 21.5 Å². The zero-order valence-electron chi connectivity index (χ0n) is 20.7. The molecular formula is C25H30N4O5S2. The third-order valence-electron chi connectivity index (χ3n) is 5.84. The van der Waals surface area contributed by atoms with Crippen LogP contribution in [0.15, 0.2) is 29.4 Å². The number of anilines is 1. The second-order valence-corrected chi connectivity index (χ2v) is 10.3. The lowest BCUT2D eigenvalue weighted by atomic mass is 10.1. The first-order valence-corrected chi connectivity index (χ1v) is 13.7. The summed E-state index contributed by atoms with van der Waals surface area (Å²) in [6, 6.07) is 7.30. The number of fused-ring (bicyclic) bond motifs is 1. The molecule has 2 aromatic heterocycles. The first kappa shape index (κ1) is 26.0. The topological polar surface area (TPSA) is 105 Å². The second kappa shape index (κ2) is 12.3. The zero-order valence-corrected chi connectivity index (χ0v) is 22.3. The van der Waals surface area contributed by atoms with Gasteiger partial charge < -0.3 is 24.1 Å². The fraction of sp³-hybridized carbons (Fsp3) is 0.440. The molecule has 1 aromatic carbocycles. The Morgan fingerprint density at radius 3 is 2.61 bits per heavy atom. The number of aromatic nitrogens is 3. The van der Waals surface area contributed by atoms with Gasteiger partial charge in [0.25, 0.3) is 0 Å². The summed E-state index contributed by atoms with van der Waals surface area (Å²) in [7, 11) is 3.45. The van der Waals surface area contributed by atoms with Crippen LogP contribution in [-0.2, 0) is 36.0 Å². The van der Waals surface area contributed by atoms with Crippen LogP contribution in [0.2, 0.25) is 0 Å². The Morgan fingerprint density at radius 2 is 1.86 bits per heavy atom. The van der Waals surface area contributed by atoms with Crippen molar-refractivity contribution < 1.29 is 23.8 Å². The molecule has 1 aliphatic rings. The summed E-state index contributed by atoms with van der Waals surface area (Å²) in [6.07, 6.45) is 5.04. The molecule has 4 rings (SSSR count). The summed E-state index contributed by atoms with van der Waals surface area (Å²) >= 11 is 2.77. The average Bonchev–Trinajstić information content (AvgIpc) is 3.31. The Kier molecular flexibility index (Phi) is 8.87. The highest BCUT2D eigenvalue weighted by molar-refractivity contribution is 7.99. The molecule has 192 valence electrons. The monoisotopic (exact) mass is 530 g/mol. The Balaban J connectivity index is 1.37. The van der Waals surface area contributed by atoms with Gasteiger partial charge in [-0.2, -0.15) is 0 Å². The van der Waals surface area contributed by atoms with Crippen molar-refractivity contribution in [2.75, 3.05) is 24.8 Å². The summed E-state index contributed by atoms with van der Waals surface area (Å²) in [5, 5.41) is 12.5. The molecule has 1 amide bonds. The van der Waals surface area contributed by atoms with Crippen LogP contribution in [0.3, 0.4) is 0 Å². The number of thioether (sulfide) groups is 1. The van der Waals surface area contributed by atoms with Crippen molar-refractivity contribution in [3.05, 3.63) is 46.1 Å². The number of carbonyl (C=O) groups is 2. The maximum absolute atomic E-state index is 12.8. The molecule has 2 heterocycles. The van der Waals surface area contributed by atoms with E-state index in [9.17, 15) is 9.59 Å². The van der Waals surface area contributed by atoms with Crippen molar-refractivity contribution in [2.45, 2.75) is 50.8 Å². The number of thiophene rings is 1. The number of esters is 1. The van der Waals surface area contributed by atoms with Gasteiger partial charge in [-0.25, -0.2) is 4.79 Å². The molecular weight excluding hydrogens is 500 g/mol. The van der Waals surface area contributed by atoms with Gasteiger partial charge in [0.05, 0.1) is 25.0 Å². The van der Waals surface area contributed by atoms with Crippen LogP contribution in [0.5, 0.6) is 11.5 Å². The van der Waals surface area contributed by atoms with Gasteiger partial charge in [-0.1, -0.05) is 18.2 Å². The maximum Gasteiger partial charge on any atom is 0.341 e. The van der Waals surface area contributed by atoms with Crippen molar-refractivity contribution in [3.63, 3.8) is 0 Å². The first-order valence-electron chi connectivity index (χ1n) is 11.9. The lowest BCUT2D eigenvalue weighted by Gasteiger charge is -2.09. The molecule has 0 saturated heterocycles. The lowest BCUT2D eigenvalue weighted by Crippen LogP contribution is -2.17. The minimum Gasteiger partial charge on any atom is -0.497 e. The lowest BCUT2D eigenvalue weighted by molar-refractivity contribution is -0.113. The van der Waals surface area contributed by atoms with Crippen LogP contribution in [0.4, 0.5) is 5.00 Å². The van der Waals surface area contributed by atoms with E-state index in [0.29, 0.717) is 33.9 Å². The molecule has 0 radical (unpaired) electrons. The smallest absolute Gasteiger partial charge is 0.341 e. The third-order valence-corrected chi connectivity index (χ3v) is 8.07. The van der Waals surface area contributed by atoms with Crippen LogP contribution in [0.25, 0.3) is 0 Å². The molecule has 0 saturated carbocycles. The largest absolute Gasteiger partial charge is 0.497 e. The number of nitrogens with zero attached hydrogens (tertiary/aromatic N) is 3. The normalized spacial score (nSPS) is 13.0. The van der Waals surface area contributed by atoms with E-state index in [1.807, 2.05) is 31.3 Å². The van der Waals surface area contributed by atoms with Gasteiger partial charge >= 0.3 is 5.97 Å². The molecule has 0 atom stereocenters. The second-order valence-electron chi connectivity index (χ2n) is 8.25. The van der Waals surface area contributed by atoms with E-state index in [0.717, 1.165) is 43.4 Å². The van der Waals surface area contributed by atoms with E-state index >= 15 is 0 Å².